The topological polar surface area (TPSA) is 144 Å². The van der Waals surface area contributed by atoms with Crippen molar-refractivity contribution in [2.45, 2.75) is 70.4 Å². The highest BCUT2D eigenvalue weighted by Crippen LogP contribution is 2.27. The molecule has 0 spiro atoms. The number of hydrogen-bond acceptors (Lipinski definition) is 4. The van der Waals surface area contributed by atoms with E-state index in [1.807, 2.05) is 54.6 Å². The first-order valence-corrected chi connectivity index (χ1v) is 14.8. The van der Waals surface area contributed by atoms with E-state index in [2.05, 4.69) is 20.6 Å². The van der Waals surface area contributed by atoms with Gasteiger partial charge in [0.1, 0.15) is 17.2 Å². The molecule has 2 aliphatic carbocycles. The molecule has 9 heteroatoms. The number of aromatic amines is 2. The van der Waals surface area contributed by atoms with Crippen LogP contribution in [0.5, 0.6) is 0 Å². The number of amides is 2. The molecule has 2 heterocycles. The first kappa shape index (κ1) is 29.1. The third kappa shape index (κ3) is 6.73. The monoisotopic (exact) mass is 570 g/mol. The molecule has 2 aromatic carbocycles. The Balaban J connectivity index is 0.000000168. The molecule has 2 aliphatic rings. The van der Waals surface area contributed by atoms with Crippen molar-refractivity contribution in [3.8, 4) is 0 Å². The van der Waals surface area contributed by atoms with E-state index in [0.717, 1.165) is 66.8 Å². The molecule has 2 fully saturated rings. The molecular formula is C33H38N4O5. The van der Waals surface area contributed by atoms with Gasteiger partial charge in [0.05, 0.1) is 5.92 Å². The summed E-state index contributed by atoms with van der Waals surface area (Å²) in [6.07, 6.45) is 7.14. The Labute approximate surface area is 244 Å². The zero-order valence-electron chi connectivity index (χ0n) is 23.8. The van der Waals surface area contributed by atoms with E-state index < -0.39 is 11.9 Å². The van der Waals surface area contributed by atoms with E-state index in [1.165, 1.54) is 0 Å². The maximum atomic E-state index is 12.4. The highest BCUT2D eigenvalue weighted by molar-refractivity contribution is 5.99. The van der Waals surface area contributed by atoms with Gasteiger partial charge in [0.25, 0.3) is 11.8 Å². The molecule has 0 aliphatic heterocycles. The molecular weight excluding hydrogens is 532 g/mol. The first-order valence-electron chi connectivity index (χ1n) is 14.8. The van der Waals surface area contributed by atoms with Gasteiger partial charge in [-0.3, -0.25) is 19.2 Å². The number of carboxylic acids is 1. The lowest BCUT2D eigenvalue weighted by molar-refractivity contribution is -0.143. The number of carbonyl (C=O) groups excluding carboxylic acids is 3. The van der Waals surface area contributed by atoms with Crippen LogP contribution >= 0.6 is 0 Å². The Morgan fingerprint density at radius 1 is 0.667 bits per heavy atom. The SMILES string of the molecule is CC(=O)[C@@H]1CCCC[C@@H]1NC(=O)c1cc2ccccc2[nH]1.O=C(N[C@H]1CCCC[C@H]1C(=O)O)c1cc2ccccc2[nH]1. The quantitative estimate of drug-likeness (QED) is 0.205. The fraction of sp³-hybridized carbons (Fsp3) is 0.394. The zero-order valence-corrected chi connectivity index (χ0v) is 23.8. The Morgan fingerprint density at radius 3 is 1.55 bits per heavy atom. The summed E-state index contributed by atoms with van der Waals surface area (Å²) in [6, 6.07) is 18.8. The number of fused-ring (bicyclic) bond motifs is 2. The largest absolute Gasteiger partial charge is 0.481 e. The van der Waals surface area contributed by atoms with Crippen LogP contribution in [0.4, 0.5) is 0 Å². The zero-order chi connectivity index (χ0) is 29.6. The summed E-state index contributed by atoms with van der Waals surface area (Å²) in [5, 5.41) is 17.2. The summed E-state index contributed by atoms with van der Waals surface area (Å²) in [7, 11) is 0. The summed E-state index contributed by atoms with van der Waals surface area (Å²) in [6.45, 7) is 1.62. The van der Waals surface area contributed by atoms with Crippen LogP contribution in [0, 0.1) is 11.8 Å². The third-order valence-electron chi connectivity index (χ3n) is 8.55. The van der Waals surface area contributed by atoms with Crippen molar-refractivity contribution in [3.05, 3.63) is 72.1 Å². The highest BCUT2D eigenvalue weighted by Gasteiger charge is 2.32. The molecule has 2 saturated carbocycles. The number of para-hydroxylation sites is 2. The molecule has 4 atom stereocenters. The second-order valence-electron chi connectivity index (χ2n) is 11.4. The number of H-pyrrole nitrogens is 2. The van der Waals surface area contributed by atoms with Crippen LogP contribution in [-0.4, -0.2) is 50.7 Å². The smallest absolute Gasteiger partial charge is 0.308 e. The van der Waals surface area contributed by atoms with Crippen LogP contribution in [0.15, 0.2) is 60.7 Å². The van der Waals surface area contributed by atoms with E-state index in [0.29, 0.717) is 17.8 Å². The van der Waals surface area contributed by atoms with Gasteiger partial charge in [-0.05, 0) is 56.9 Å². The van der Waals surface area contributed by atoms with Crippen molar-refractivity contribution >= 4 is 45.4 Å². The number of ketones is 1. The molecule has 2 amide bonds. The minimum absolute atomic E-state index is 0.0323. The second kappa shape index (κ2) is 13.1. The fourth-order valence-electron chi connectivity index (χ4n) is 6.27. The summed E-state index contributed by atoms with van der Waals surface area (Å²) in [4.78, 5) is 53.9. The van der Waals surface area contributed by atoms with Gasteiger partial charge in [-0.15, -0.1) is 0 Å². The Hall–Kier alpha value is -4.40. The molecule has 4 aromatic rings. The molecule has 5 N–H and O–H groups in total. The van der Waals surface area contributed by atoms with Crippen LogP contribution in [-0.2, 0) is 9.59 Å². The van der Waals surface area contributed by atoms with Gasteiger partial charge < -0.3 is 25.7 Å². The minimum atomic E-state index is -0.823. The van der Waals surface area contributed by atoms with Crippen molar-refractivity contribution in [1.82, 2.24) is 20.6 Å². The van der Waals surface area contributed by atoms with Crippen molar-refractivity contribution in [3.63, 3.8) is 0 Å². The second-order valence-corrected chi connectivity index (χ2v) is 11.4. The van der Waals surface area contributed by atoms with Crippen LogP contribution in [0.2, 0.25) is 0 Å². The van der Waals surface area contributed by atoms with Crippen molar-refractivity contribution in [2.24, 2.45) is 11.8 Å². The van der Waals surface area contributed by atoms with E-state index in [9.17, 15) is 24.3 Å². The van der Waals surface area contributed by atoms with E-state index in [4.69, 9.17) is 0 Å². The predicted molar refractivity (Wildman–Crippen MR) is 161 cm³/mol. The maximum absolute atomic E-state index is 12.4. The van der Waals surface area contributed by atoms with Gasteiger partial charge in [-0.1, -0.05) is 62.1 Å². The van der Waals surface area contributed by atoms with Gasteiger partial charge in [0.15, 0.2) is 0 Å². The average Bonchev–Trinajstić information content (AvgIpc) is 3.63. The fourth-order valence-corrected chi connectivity index (χ4v) is 6.27. The maximum Gasteiger partial charge on any atom is 0.308 e. The average molecular weight is 571 g/mol. The van der Waals surface area contributed by atoms with Crippen LogP contribution < -0.4 is 10.6 Å². The summed E-state index contributed by atoms with van der Waals surface area (Å²) >= 11 is 0. The first-order chi connectivity index (χ1) is 20.3. The van der Waals surface area contributed by atoms with Gasteiger partial charge >= 0.3 is 5.97 Å². The lowest BCUT2D eigenvalue weighted by Gasteiger charge is -2.30. The number of carbonyl (C=O) groups is 4. The molecule has 0 saturated heterocycles. The molecule has 9 nitrogen and oxygen atoms in total. The van der Waals surface area contributed by atoms with Crippen molar-refractivity contribution in [2.75, 3.05) is 0 Å². The minimum Gasteiger partial charge on any atom is -0.481 e. The van der Waals surface area contributed by atoms with Crippen LogP contribution in [0.3, 0.4) is 0 Å². The molecule has 0 radical (unpaired) electrons. The van der Waals surface area contributed by atoms with Crippen molar-refractivity contribution in [1.29, 1.82) is 0 Å². The molecule has 220 valence electrons. The molecule has 0 unspecified atom stereocenters. The number of aromatic nitrogens is 2. The third-order valence-corrected chi connectivity index (χ3v) is 8.55. The standard InChI is InChI=1S/C17H20N2O2.C16H18N2O3/c1-11(20)13-7-3-5-9-15(13)19-17(21)16-10-12-6-2-4-8-14(12)18-16;19-15(14-9-10-5-1-3-7-12(10)17-14)18-13-8-4-2-6-11(13)16(20)21/h2,4,6,8,10,13,15,18H,3,5,7,9H2,1H3,(H,19,21);1,3,5,7,9,11,13,17H,2,4,6,8H2,(H,18,19)(H,20,21)/t13-,15-;11-,13+/m01/s1. The van der Waals surface area contributed by atoms with Gasteiger partial charge in [-0.2, -0.15) is 0 Å². The Bertz CT molecular complexity index is 1400. The highest BCUT2D eigenvalue weighted by atomic mass is 16.4. The molecule has 0 bridgehead atoms. The predicted octanol–water partition coefficient (Wildman–Crippen LogP) is 5.59. The number of hydrogen-bond donors (Lipinski definition) is 5. The lowest BCUT2D eigenvalue weighted by atomic mass is 9.82. The van der Waals surface area contributed by atoms with Gasteiger partial charge in [0, 0.05) is 39.8 Å². The summed E-state index contributed by atoms with van der Waals surface area (Å²) in [5.74, 6) is -1.51. The van der Waals surface area contributed by atoms with Crippen molar-refractivity contribution < 1.29 is 24.3 Å². The summed E-state index contributed by atoms with van der Waals surface area (Å²) < 4.78 is 0. The Kier molecular flexibility index (Phi) is 9.05. The lowest BCUT2D eigenvalue weighted by Crippen LogP contribution is -2.45. The number of aliphatic carboxylic acids is 1. The molecule has 2 aromatic heterocycles. The van der Waals surface area contributed by atoms with E-state index in [1.54, 1.807) is 13.0 Å². The number of rotatable bonds is 6. The van der Waals surface area contributed by atoms with Crippen LogP contribution in [0.1, 0.15) is 79.3 Å². The number of carboxylic acid groups (broad SMARTS) is 1. The van der Waals surface area contributed by atoms with Gasteiger partial charge in [0.2, 0.25) is 0 Å². The normalized spacial score (nSPS) is 22.1. The number of Topliss-reactive ketones (excluding diaryl/α,β-unsaturated/α-hetero) is 1. The Morgan fingerprint density at radius 2 is 1.10 bits per heavy atom. The van der Waals surface area contributed by atoms with Gasteiger partial charge in [-0.25, -0.2) is 0 Å². The van der Waals surface area contributed by atoms with E-state index >= 15 is 0 Å². The van der Waals surface area contributed by atoms with E-state index in [-0.39, 0.29) is 35.6 Å². The molecule has 42 heavy (non-hydrogen) atoms. The number of nitrogens with one attached hydrogen (secondary N) is 4. The number of benzene rings is 2. The van der Waals surface area contributed by atoms with Crippen LogP contribution in [0.25, 0.3) is 21.8 Å². The summed E-state index contributed by atoms with van der Waals surface area (Å²) in [5.41, 5.74) is 2.89. The molecule has 6 rings (SSSR count).